The number of aliphatic hydroxyl groups excluding tert-OH is 5. The van der Waals surface area contributed by atoms with Crippen molar-refractivity contribution in [3.8, 4) is 11.5 Å². The van der Waals surface area contributed by atoms with Gasteiger partial charge in [0.2, 0.25) is 11.6 Å². The SMILES string of the molecule is Cc1cc(O)c2c(c1)C(=O)c1c(c3c(c4c(NCC(O)C5CCCC5)nccc14)CCC1(O3)OC(CO)C(O)C(O)C1O)C2=O. The average Bonchev–Trinajstić information content (AvgIpc) is 3.58. The number of benzene rings is 2. The largest absolute Gasteiger partial charge is 0.507 e. The van der Waals surface area contributed by atoms with Crippen LogP contribution in [0.15, 0.2) is 24.4 Å². The number of hydrogen-bond acceptors (Lipinski definition) is 12. The maximum Gasteiger partial charge on any atom is 0.240 e. The highest BCUT2D eigenvalue weighted by atomic mass is 16.7. The number of nitrogens with zero attached hydrogens (tertiary/aromatic N) is 1. The summed E-state index contributed by atoms with van der Waals surface area (Å²) in [6.45, 7) is 1.23. The lowest BCUT2D eigenvalue weighted by molar-refractivity contribution is -0.342. The Morgan fingerprint density at radius 2 is 1.82 bits per heavy atom. The van der Waals surface area contributed by atoms with Gasteiger partial charge < -0.3 is 45.4 Å². The van der Waals surface area contributed by atoms with Gasteiger partial charge in [-0.3, -0.25) is 9.59 Å². The minimum absolute atomic E-state index is 0.0229. The topological polar surface area (TPSA) is 199 Å². The number of anilines is 1. The third-order valence-electron chi connectivity index (χ3n) is 9.92. The molecule has 1 aromatic heterocycles. The number of aryl methyl sites for hydroxylation is 2. The zero-order chi connectivity index (χ0) is 31.8. The van der Waals surface area contributed by atoms with E-state index >= 15 is 0 Å². The Labute approximate surface area is 258 Å². The first-order valence-electron chi connectivity index (χ1n) is 15.4. The van der Waals surface area contributed by atoms with Crippen LogP contribution in [0.4, 0.5) is 5.82 Å². The van der Waals surface area contributed by atoms with Gasteiger partial charge in [-0.25, -0.2) is 4.98 Å². The van der Waals surface area contributed by atoms with E-state index in [1.807, 2.05) is 0 Å². The summed E-state index contributed by atoms with van der Waals surface area (Å²) in [5.74, 6) is -3.08. The molecule has 12 heteroatoms. The van der Waals surface area contributed by atoms with Gasteiger partial charge in [-0.15, -0.1) is 0 Å². The average molecular weight is 621 g/mol. The van der Waals surface area contributed by atoms with E-state index in [4.69, 9.17) is 9.47 Å². The number of carbonyl (C=O) groups is 2. The first-order chi connectivity index (χ1) is 21.6. The fraction of sp³-hybridized carbons (Fsp3) is 0.485. The van der Waals surface area contributed by atoms with Crippen LogP contribution in [0.25, 0.3) is 10.8 Å². The highest BCUT2D eigenvalue weighted by Gasteiger charge is 2.57. The lowest BCUT2D eigenvalue weighted by Gasteiger charge is -2.50. The molecule has 2 fully saturated rings. The van der Waals surface area contributed by atoms with Crippen LogP contribution in [0.1, 0.15) is 75.1 Å². The molecule has 2 aliphatic heterocycles. The van der Waals surface area contributed by atoms with E-state index in [9.17, 15) is 40.2 Å². The highest BCUT2D eigenvalue weighted by Crippen LogP contribution is 2.51. The van der Waals surface area contributed by atoms with Crippen molar-refractivity contribution in [1.82, 2.24) is 4.98 Å². The number of fused-ring (bicyclic) bond motifs is 7. The van der Waals surface area contributed by atoms with Gasteiger partial charge in [0.1, 0.15) is 41.7 Å². The molecule has 6 atom stereocenters. The summed E-state index contributed by atoms with van der Waals surface area (Å²) in [5, 5.41) is 68.0. The number of nitrogens with one attached hydrogen (secondary N) is 1. The fourth-order valence-electron chi connectivity index (χ4n) is 7.60. The molecule has 7 N–H and O–H groups in total. The Morgan fingerprint density at radius 1 is 1.07 bits per heavy atom. The zero-order valence-electron chi connectivity index (χ0n) is 24.7. The maximum atomic E-state index is 14.2. The molecule has 1 saturated heterocycles. The fourth-order valence-corrected chi connectivity index (χ4v) is 7.60. The van der Waals surface area contributed by atoms with Crippen LogP contribution in [-0.4, -0.2) is 96.6 Å². The van der Waals surface area contributed by atoms with Crippen LogP contribution in [0.2, 0.25) is 0 Å². The summed E-state index contributed by atoms with van der Waals surface area (Å²) >= 11 is 0. The molecular formula is C33H36N2O10. The molecule has 12 nitrogen and oxygen atoms in total. The van der Waals surface area contributed by atoms with Gasteiger partial charge in [0, 0.05) is 41.2 Å². The molecule has 4 aliphatic rings. The molecule has 0 radical (unpaired) electrons. The second-order valence-corrected chi connectivity index (χ2v) is 12.7. The number of aromatic nitrogens is 1. The van der Waals surface area contributed by atoms with E-state index < -0.39 is 54.5 Å². The van der Waals surface area contributed by atoms with Crippen molar-refractivity contribution in [2.45, 2.75) is 81.8 Å². The van der Waals surface area contributed by atoms with Crippen molar-refractivity contribution in [2.75, 3.05) is 18.5 Å². The number of aromatic hydroxyl groups is 1. The van der Waals surface area contributed by atoms with Gasteiger partial charge in [0.25, 0.3) is 0 Å². The normalized spacial score (nSPS) is 28.5. The zero-order valence-corrected chi connectivity index (χ0v) is 24.7. The molecule has 2 aromatic carbocycles. The third-order valence-corrected chi connectivity index (χ3v) is 9.92. The molecule has 3 heterocycles. The van der Waals surface area contributed by atoms with Gasteiger partial charge in [-0.2, -0.15) is 0 Å². The van der Waals surface area contributed by atoms with E-state index in [0.29, 0.717) is 27.7 Å². The minimum atomic E-state index is -1.98. The van der Waals surface area contributed by atoms with E-state index in [1.165, 1.54) is 12.3 Å². The van der Waals surface area contributed by atoms with Crippen LogP contribution in [0, 0.1) is 12.8 Å². The maximum absolute atomic E-state index is 14.2. The quantitative estimate of drug-likeness (QED) is 0.170. The molecule has 1 spiro atoms. The molecule has 3 aromatic rings. The monoisotopic (exact) mass is 620 g/mol. The van der Waals surface area contributed by atoms with Crippen LogP contribution < -0.4 is 10.1 Å². The number of ketones is 2. The molecule has 2 aliphatic carbocycles. The molecule has 0 bridgehead atoms. The van der Waals surface area contributed by atoms with Crippen LogP contribution in [0.5, 0.6) is 11.5 Å². The highest BCUT2D eigenvalue weighted by molar-refractivity contribution is 6.34. The van der Waals surface area contributed by atoms with E-state index in [0.717, 1.165) is 25.7 Å². The summed E-state index contributed by atoms with van der Waals surface area (Å²) in [7, 11) is 0. The van der Waals surface area contributed by atoms with Crippen molar-refractivity contribution in [3.63, 3.8) is 0 Å². The standard InChI is InChI=1S/C33H36N2O10/c1-14-10-18-23(19(37)11-14)28(41)25-24(26(18)39)16-7-9-34-32(35-12-20(38)15-4-2-3-5-15)22(16)17-6-8-33(45-30(17)25)31(43)29(42)27(40)21(13-36)44-33/h7,9-11,15,20-21,27,29,31,36-38,40,42-43H,2-6,8,12-13H2,1H3,(H,34,35). The Balaban J connectivity index is 1.43. The summed E-state index contributed by atoms with van der Waals surface area (Å²) in [5.41, 5.74) is 0.812. The molecule has 1 saturated carbocycles. The number of pyridine rings is 1. The lowest BCUT2D eigenvalue weighted by atomic mass is 9.77. The van der Waals surface area contributed by atoms with Crippen molar-refractivity contribution >= 4 is 28.2 Å². The lowest BCUT2D eigenvalue weighted by Crippen LogP contribution is -2.68. The second kappa shape index (κ2) is 11.0. The van der Waals surface area contributed by atoms with Crippen LogP contribution in [-0.2, 0) is 11.2 Å². The van der Waals surface area contributed by atoms with Gasteiger partial charge in [0.05, 0.1) is 23.8 Å². The van der Waals surface area contributed by atoms with Crippen molar-refractivity contribution in [2.24, 2.45) is 5.92 Å². The first kappa shape index (κ1) is 30.0. The van der Waals surface area contributed by atoms with Crippen molar-refractivity contribution < 1.29 is 49.7 Å². The Bertz CT molecular complexity index is 1720. The molecule has 6 unspecified atom stereocenters. The number of aliphatic hydroxyl groups is 5. The number of phenols is 1. The Hall–Kier alpha value is -3.65. The van der Waals surface area contributed by atoms with E-state index in [2.05, 4.69) is 10.3 Å². The molecule has 238 valence electrons. The summed E-state index contributed by atoms with van der Waals surface area (Å²) in [6.07, 6.45) is -1.45. The van der Waals surface area contributed by atoms with Crippen molar-refractivity contribution in [1.29, 1.82) is 0 Å². The molecule has 45 heavy (non-hydrogen) atoms. The number of carbonyl (C=O) groups excluding carboxylic acids is 2. The number of ether oxygens (including phenoxy) is 2. The van der Waals surface area contributed by atoms with Crippen molar-refractivity contribution in [3.05, 3.63) is 57.8 Å². The number of hydrogen-bond donors (Lipinski definition) is 7. The van der Waals surface area contributed by atoms with E-state index in [1.54, 1.807) is 19.1 Å². The third kappa shape index (κ3) is 4.54. The Morgan fingerprint density at radius 3 is 2.56 bits per heavy atom. The predicted molar refractivity (Wildman–Crippen MR) is 160 cm³/mol. The van der Waals surface area contributed by atoms with Gasteiger partial charge >= 0.3 is 0 Å². The predicted octanol–water partition coefficient (Wildman–Crippen LogP) is 1.48. The number of phenolic OH excluding ortho intramolecular Hbond substituents is 1. The molecule has 0 amide bonds. The van der Waals surface area contributed by atoms with Gasteiger partial charge in [0.15, 0.2) is 5.78 Å². The second-order valence-electron chi connectivity index (χ2n) is 12.7. The van der Waals surface area contributed by atoms with Gasteiger partial charge in [-0.1, -0.05) is 12.8 Å². The minimum Gasteiger partial charge on any atom is -0.507 e. The summed E-state index contributed by atoms with van der Waals surface area (Å²) in [4.78, 5) is 33.0. The van der Waals surface area contributed by atoms with Gasteiger partial charge in [-0.05, 0) is 61.3 Å². The van der Waals surface area contributed by atoms with E-state index in [-0.39, 0.29) is 59.1 Å². The molecular weight excluding hydrogens is 584 g/mol. The number of rotatable bonds is 5. The van der Waals surface area contributed by atoms with Crippen LogP contribution in [0.3, 0.4) is 0 Å². The summed E-state index contributed by atoms with van der Waals surface area (Å²) < 4.78 is 12.3. The summed E-state index contributed by atoms with van der Waals surface area (Å²) in [6, 6.07) is 4.57. The van der Waals surface area contributed by atoms with Crippen LogP contribution >= 0.6 is 0 Å². The Kier molecular flexibility index (Phi) is 7.34. The first-order valence-corrected chi connectivity index (χ1v) is 15.4. The smallest absolute Gasteiger partial charge is 0.240 e. The molecule has 7 rings (SSSR count).